The van der Waals surface area contributed by atoms with Crippen molar-refractivity contribution in [3.63, 3.8) is 0 Å². The van der Waals surface area contributed by atoms with Crippen LogP contribution in [0.25, 0.3) is 16.6 Å². The fraction of sp³-hybridized carbons (Fsp3) is 0.231. The van der Waals surface area contributed by atoms with Gasteiger partial charge in [-0.2, -0.15) is 8.75 Å². The number of pyridine rings is 1. The summed E-state index contributed by atoms with van der Waals surface area (Å²) in [5.41, 5.74) is 3.96. The number of benzene rings is 2. The van der Waals surface area contributed by atoms with Crippen LogP contribution >= 0.6 is 11.7 Å². The van der Waals surface area contributed by atoms with E-state index >= 15 is 0 Å². The molecule has 0 aliphatic carbocycles. The zero-order valence-corrected chi connectivity index (χ0v) is 20.0. The second-order valence-corrected chi connectivity index (χ2v) is 8.64. The Kier molecular flexibility index (Phi) is 6.19. The van der Waals surface area contributed by atoms with Crippen LogP contribution in [0.5, 0.6) is 11.6 Å². The predicted molar refractivity (Wildman–Crippen MR) is 131 cm³/mol. The highest BCUT2D eigenvalue weighted by Gasteiger charge is 2.48. The summed E-state index contributed by atoms with van der Waals surface area (Å²) in [4.78, 5) is 17.4. The Balaban J connectivity index is 1.63. The molecule has 0 amide bonds. The predicted octanol–water partition coefficient (Wildman–Crippen LogP) is 4.28. The van der Waals surface area contributed by atoms with Crippen molar-refractivity contribution in [1.82, 2.24) is 13.7 Å². The van der Waals surface area contributed by atoms with Crippen LogP contribution in [-0.2, 0) is 21.7 Å². The quantitative estimate of drug-likeness (QED) is 0.366. The molecule has 35 heavy (non-hydrogen) atoms. The third kappa shape index (κ3) is 4.36. The van der Waals surface area contributed by atoms with Gasteiger partial charge in [0, 0.05) is 29.8 Å². The number of hydrogen-bond donors (Lipinski definition) is 1. The van der Waals surface area contributed by atoms with Crippen LogP contribution in [0.4, 0.5) is 0 Å². The van der Waals surface area contributed by atoms with Crippen molar-refractivity contribution in [2.45, 2.75) is 25.6 Å². The maximum Gasteiger partial charge on any atom is 0.342 e. The molecule has 1 N–H and O–H groups in total. The van der Waals surface area contributed by atoms with Gasteiger partial charge in [-0.1, -0.05) is 13.0 Å². The van der Waals surface area contributed by atoms with Crippen LogP contribution < -0.4 is 9.47 Å². The minimum atomic E-state index is -1.96. The molecule has 0 saturated heterocycles. The summed E-state index contributed by atoms with van der Waals surface area (Å²) in [6, 6.07) is 15.9. The highest BCUT2D eigenvalue weighted by molar-refractivity contribution is 7.00. The molecule has 0 fully saturated rings. The number of ether oxygens (including phenoxy) is 3. The molecule has 2 aromatic heterocycles. The Hall–Kier alpha value is -3.82. The maximum absolute atomic E-state index is 13.2. The van der Waals surface area contributed by atoms with Crippen LogP contribution in [0.15, 0.2) is 66.4 Å². The SMILES string of the molecule is CCCOc1ccc(C2(O)OC(=O)C(c3ccc4nsnc4c3)=C2Cc2ccnc(OC)c2)cc1. The lowest BCUT2D eigenvalue weighted by atomic mass is 9.88. The summed E-state index contributed by atoms with van der Waals surface area (Å²) in [7, 11) is 1.54. The maximum atomic E-state index is 13.2. The van der Waals surface area contributed by atoms with Crippen LogP contribution in [0.3, 0.4) is 0 Å². The summed E-state index contributed by atoms with van der Waals surface area (Å²) in [5, 5.41) is 11.8. The van der Waals surface area contributed by atoms with Crippen LogP contribution in [0.1, 0.15) is 30.0 Å². The molecule has 8 nitrogen and oxygen atoms in total. The first-order chi connectivity index (χ1) is 17.0. The van der Waals surface area contributed by atoms with Gasteiger partial charge in [0.05, 0.1) is 31.0 Å². The number of fused-ring (bicyclic) bond motifs is 1. The first kappa shape index (κ1) is 22.9. The summed E-state index contributed by atoms with van der Waals surface area (Å²) < 4.78 is 25.1. The molecule has 4 aromatic rings. The van der Waals surface area contributed by atoms with Crippen molar-refractivity contribution < 1.29 is 24.1 Å². The zero-order valence-electron chi connectivity index (χ0n) is 19.2. The topological polar surface area (TPSA) is 104 Å². The van der Waals surface area contributed by atoms with Gasteiger partial charge in [-0.15, -0.1) is 0 Å². The molecule has 0 bridgehead atoms. The third-order valence-electron chi connectivity index (χ3n) is 5.81. The van der Waals surface area contributed by atoms with Crippen molar-refractivity contribution in [2.75, 3.05) is 13.7 Å². The average molecular weight is 490 g/mol. The lowest BCUT2D eigenvalue weighted by Gasteiger charge is -2.26. The van der Waals surface area contributed by atoms with Crippen LogP contribution in [-0.4, -0.2) is 38.5 Å². The van der Waals surface area contributed by atoms with Gasteiger partial charge >= 0.3 is 5.97 Å². The van der Waals surface area contributed by atoms with Crippen molar-refractivity contribution in [3.8, 4) is 11.6 Å². The van der Waals surface area contributed by atoms with Gasteiger partial charge in [0.25, 0.3) is 5.79 Å². The molecule has 1 aliphatic heterocycles. The smallest absolute Gasteiger partial charge is 0.342 e. The van der Waals surface area contributed by atoms with Gasteiger partial charge in [-0.05, 0) is 60.0 Å². The van der Waals surface area contributed by atoms with Crippen molar-refractivity contribution in [3.05, 3.63) is 83.1 Å². The number of rotatable bonds is 8. The van der Waals surface area contributed by atoms with E-state index in [4.69, 9.17) is 14.2 Å². The number of cyclic esters (lactones) is 1. The van der Waals surface area contributed by atoms with Gasteiger partial charge in [-0.25, -0.2) is 9.78 Å². The molecule has 0 saturated carbocycles. The summed E-state index contributed by atoms with van der Waals surface area (Å²) >= 11 is 1.10. The molecular formula is C26H23N3O5S. The van der Waals surface area contributed by atoms with Gasteiger partial charge < -0.3 is 19.3 Å². The normalized spacial score (nSPS) is 17.6. The first-order valence-corrected chi connectivity index (χ1v) is 11.9. The highest BCUT2D eigenvalue weighted by Crippen LogP contribution is 2.45. The van der Waals surface area contributed by atoms with Gasteiger partial charge in [0.1, 0.15) is 16.8 Å². The van der Waals surface area contributed by atoms with E-state index in [1.807, 2.05) is 13.0 Å². The second kappa shape index (κ2) is 9.44. The molecule has 1 unspecified atom stereocenters. The van der Waals surface area contributed by atoms with E-state index in [2.05, 4.69) is 13.7 Å². The Morgan fingerprint density at radius 3 is 2.63 bits per heavy atom. The number of hydrogen-bond acceptors (Lipinski definition) is 9. The van der Waals surface area contributed by atoms with Crippen LogP contribution in [0, 0.1) is 0 Å². The molecule has 9 heteroatoms. The first-order valence-electron chi connectivity index (χ1n) is 11.2. The van der Waals surface area contributed by atoms with Gasteiger partial charge in [-0.3, -0.25) is 0 Å². The number of aliphatic hydroxyl groups is 1. The summed E-state index contributed by atoms with van der Waals surface area (Å²) in [5.74, 6) is -1.46. The largest absolute Gasteiger partial charge is 0.494 e. The van der Waals surface area contributed by atoms with E-state index in [1.54, 1.807) is 54.7 Å². The van der Waals surface area contributed by atoms with Gasteiger partial charge in [0.15, 0.2) is 0 Å². The highest BCUT2D eigenvalue weighted by atomic mass is 32.1. The van der Waals surface area contributed by atoms with E-state index in [-0.39, 0.29) is 6.42 Å². The summed E-state index contributed by atoms with van der Waals surface area (Å²) in [6.07, 6.45) is 2.74. The van der Waals surface area contributed by atoms with E-state index in [9.17, 15) is 9.90 Å². The average Bonchev–Trinajstić information content (AvgIpc) is 3.45. The number of carbonyl (C=O) groups is 1. The molecule has 0 spiro atoms. The number of methoxy groups -OCH3 is 1. The molecule has 0 radical (unpaired) electrons. The number of nitrogens with zero attached hydrogens (tertiary/aromatic N) is 3. The lowest BCUT2D eigenvalue weighted by Crippen LogP contribution is -2.29. The Morgan fingerprint density at radius 2 is 1.86 bits per heavy atom. The summed E-state index contributed by atoms with van der Waals surface area (Å²) in [6.45, 7) is 2.62. The van der Waals surface area contributed by atoms with E-state index < -0.39 is 11.8 Å². The van der Waals surface area contributed by atoms with Crippen LogP contribution in [0.2, 0.25) is 0 Å². The van der Waals surface area contributed by atoms with E-state index in [0.29, 0.717) is 46.0 Å². The van der Waals surface area contributed by atoms with E-state index in [1.165, 1.54) is 7.11 Å². The molecule has 178 valence electrons. The van der Waals surface area contributed by atoms with Crippen molar-refractivity contribution in [2.24, 2.45) is 0 Å². The zero-order chi connectivity index (χ0) is 24.4. The third-order valence-corrected chi connectivity index (χ3v) is 6.36. The minimum absolute atomic E-state index is 0.234. The Morgan fingerprint density at radius 1 is 1.06 bits per heavy atom. The molecule has 1 atom stereocenters. The number of esters is 1. The molecule has 1 aliphatic rings. The van der Waals surface area contributed by atoms with Crippen molar-refractivity contribution in [1.29, 1.82) is 0 Å². The Bertz CT molecular complexity index is 1420. The standard InChI is InChI=1S/C26H23N3O5S/c1-3-12-33-19-7-5-18(6-8-19)26(31)20(13-16-10-11-27-23(14-16)32-2)24(25(30)34-26)17-4-9-21-22(15-17)29-35-28-21/h4-11,14-15,31H,3,12-13H2,1-2H3. The van der Waals surface area contributed by atoms with Crippen molar-refractivity contribution >= 4 is 34.3 Å². The van der Waals surface area contributed by atoms with Gasteiger partial charge in [0.2, 0.25) is 5.88 Å². The lowest BCUT2D eigenvalue weighted by molar-refractivity contribution is -0.185. The Labute approximate surface area is 206 Å². The number of aromatic nitrogens is 3. The monoisotopic (exact) mass is 489 g/mol. The van der Waals surface area contributed by atoms with E-state index in [0.717, 1.165) is 29.2 Å². The fourth-order valence-corrected chi connectivity index (χ4v) is 4.60. The second-order valence-electron chi connectivity index (χ2n) is 8.11. The number of carbonyl (C=O) groups excluding carboxylic acids is 1. The molecule has 2 aromatic carbocycles. The fourth-order valence-electron chi connectivity index (χ4n) is 4.08. The molecular weight excluding hydrogens is 466 g/mol. The minimum Gasteiger partial charge on any atom is -0.494 e. The molecule has 3 heterocycles. The molecule has 5 rings (SSSR count).